The second-order valence-electron chi connectivity index (χ2n) is 7.34. The SMILES string of the molecule is C=C(OCc1ccc(C(=N/C(=C\C)C(F)(F)F)C(C)CC)cc1)/C(=C\N=C(Cl)CCC)OC.CC. The van der Waals surface area contributed by atoms with Crippen molar-refractivity contribution in [3.8, 4) is 0 Å². The van der Waals surface area contributed by atoms with Crippen LogP contribution in [0.25, 0.3) is 0 Å². The highest BCUT2D eigenvalue weighted by atomic mass is 35.5. The Bertz CT molecular complexity index is 902. The van der Waals surface area contributed by atoms with Crippen LogP contribution in [0.4, 0.5) is 13.2 Å². The van der Waals surface area contributed by atoms with Crippen LogP contribution in [-0.4, -0.2) is 24.2 Å². The first-order chi connectivity index (χ1) is 16.6. The number of alkyl halides is 3. The van der Waals surface area contributed by atoms with Crippen molar-refractivity contribution in [2.24, 2.45) is 15.9 Å². The first kappa shape index (κ1) is 32.5. The van der Waals surface area contributed by atoms with Gasteiger partial charge in [-0.25, -0.2) is 9.98 Å². The molecule has 0 aliphatic rings. The topological polar surface area (TPSA) is 43.2 Å². The van der Waals surface area contributed by atoms with Gasteiger partial charge in [0.15, 0.2) is 11.5 Å². The molecule has 0 amide bonds. The fourth-order valence-corrected chi connectivity index (χ4v) is 2.96. The van der Waals surface area contributed by atoms with E-state index >= 15 is 0 Å². The highest BCUT2D eigenvalue weighted by Crippen LogP contribution is 2.28. The summed E-state index contributed by atoms with van der Waals surface area (Å²) in [6.45, 7) is 15.2. The van der Waals surface area contributed by atoms with E-state index in [0.29, 0.717) is 35.0 Å². The lowest BCUT2D eigenvalue weighted by Gasteiger charge is -2.16. The molecule has 0 N–H and O–H groups in total. The summed E-state index contributed by atoms with van der Waals surface area (Å²) in [4.78, 5) is 8.07. The quantitative estimate of drug-likeness (QED) is 0.159. The van der Waals surface area contributed by atoms with Crippen molar-refractivity contribution in [1.82, 2.24) is 0 Å². The first-order valence-corrected chi connectivity index (χ1v) is 12.1. The molecule has 1 rings (SSSR count). The van der Waals surface area contributed by atoms with Crippen LogP contribution in [-0.2, 0) is 16.1 Å². The molecule has 1 unspecified atom stereocenters. The normalized spacial score (nSPS) is 14.1. The van der Waals surface area contributed by atoms with Gasteiger partial charge in [-0.15, -0.1) is 0 Å². The van der Waals surface area contributed by atoms with E-state index in [4.69, 9.17) is 21.1 Å². The molecule has 0 aliphatic heterocycles. The van der Waals surface area contributed by atoms with E-state index in [-0.39, 0.29) is 18.3 Å². The maximum Gasteiger partial charge on any atom is 0.433 e. The molecular formula is C27H38ClF3N2O2. The minimum Gasteiger partial charge on any atom is -0.491 e. The molecule has 0 radical (unpaired) electrons. The van der Waals surface area contributed by atoms with E-state index in [2.05, 4.69) is 16.6 Å². The van der Waals surface area contributed by atoms with Crippen molar-refractivity contribution in [3.05, 3.63) is 71.5 Å². The molecule has 8 heteroatoms. The number of allylic oxidation sites excluding steroid dienone is 2. The molecule has 1 atom stereocenters. The highest BCUT2D eigenvalue weighted by molar-refractivity contribution is 6.65. The Balaban J connectivity index is 0.00000562. The van der Waals surface area contributed by atoms with Gasteiger partial charge in [-0.1, -0.05) is 83.1 Å². The number of halogens is 4. The summed E-state index contributed by atoms with van der Waals surface area (Å²) < 4.78 is 50.5. The van der Waals surface area contributed by atoms with Gasteiger partial charge >= 0.3 is 6.18 Å². The molecule has 4 nitrogen and oxygen atoms in total. The lowest BCUT2D eigenvalue weighted by Crippen LogP contribution is -2.17. The third kappa shape index (κ3) is 11.6. The fraction of sp³-hybridized carbons (Fsp3) is 0.481. The predicted octanol–water partition coefficient (Wildman–Crippen LogP) is 8.97. The van der Waals surface area contributed by atoms with Gasteiger partial charge in [0, 0.05) is 6.42 Å². The Morgan fingerprint density at radius 1 is 1.17 bits per heavy atom. The Kier molecular flexibility index (Phi) is 15.7. The number of aliphatic imine (C=N–C) groups is 2. The standard InChI is InChI=1S/C25H32ClF3N2O2.C2H6/c1-7-10-23(26)30-15-21(32-6)18(5)33-16-19-11-13-20(14-12-19)24(17(4)8-2)31-22(9-3)25(27,28)29;1-2/h9,11-15,17H,5,7-8,10,16H2,1-4,6H3;1-2H3/b21-15+,22-9-,30-23?,31-24?;. The summed E-state index contributed by atoms with van der Waals surface area (Å²) in [7, 11) is 1.48. The second kappa shape index (κ2) is 17.0. The molecule has 0 aliphatic carbocycles. The summed E-state index contributed by atoms with van der Waals surface area (Å²) in [5.74, 6) is 0.493. The van der Waals surface area contributed by atoms with Crippen molar-refractivity contribution in [2.45, 2.75) is 73.6 Å². The van der Waals surface area contributed by atoms with Crippen molar-refractivity contribution >= 4 is 22.5 Å². The zero-order chi connectivity index (χ0) is 27.0. The summed E-state index contributed by atoms with van der Waals surface area (Å²) in [6.07, 6.45) is 0.138. The van der Waals surface area contributed by atoms with E-state index in [1.807, 2.05) is 34.6 Å². The van der Waals surface area contributed by atoms with Gasteiger partial charge in [-0.2, -0.15) is 13.2 Å². The van der Waals surface area contributed by atoms with Gasteiger partial charge in [-0.05, 0) is 36.8 Å². The van der Waals surface area contributed by atoms with Crippen molar-refractivity contribution in [1.29, 1.82) is 0 Å². The zero-order valence-electron chi connectivity index (χ0n) is 21.8. The summed E-state index contributed by atoms with van der Waals surface area (Å²) in [6, 6.07) is 7.07. The highest BCUT2D eigenvalue weighted by Gasteiger charge is 2.33. The molecule has 0 fully saturated rings. The summed E-state index contributed by atoms with van der Waals surface area (Å²) in [5.41, 5.74) is 0.940. The molecule has 0 spiro atoms. The molecule has 196 valence electrons. The molecule has 35 heavy (non-hydrogen) atoms. The largest absolute Gasteiger partial charge is 0.491 e. The number of nitrogens with zero attached hydrogens (tertiary/aromatic N) is 2. The van der Waals surface area contributed by atoms with Gasteiger partial charge in [0.25, 0.3) is 0 Å². The van der Waals surface area contributed by atoms with Gasteiger partial charge < -0.3 is 9.47 Å². The van der Waals surface area contributed by atoms with E-state index < -0.39 is 11.9 Å². The maximum absolute atomic E-state index is 13.2. The van der Waals surface area contributed by atoms with E-state index in [9.17, 15) is 13.2 Å². The van der Waals surface area contributed by atoms with Crippen LogP contribution in [0, 0.1) is 5.92 Å². The van der Waals surface area contributed by atoms with E-state index in [1.165, 1.54) is 20.2 Å². The minimum atomic E-state index is -4.50. The van der Waals surface area contributed by atoms with Crippen LogP contribution in [0.15, 0.2) is 70.3 Å². The molecule has 0 saturated heterocycles. The maximum atomic E-state index is 13.2. The molecule has 0 heterocycles. The number of methoxy groups -OCH3 is 1. The van der Waals surface area contributed by atoms with Crippen LogP contribution < -0.4 is 0 Å². The third-order valence-electron chi connectivity index (χ3n) is 4.82. The van der Waals surface area contributed by atoms with E-state index in [1.54, 1.807) is 24.3 Å². The number of rotatable bonds is 12. The number of ether oxygens (including phenoxy) is 2. The molecule has 1 aromatic carbocycles. The molecular weight excluding hydrogens is 477 g/mol. The lowest BCUT2D eigenvalue weighted by molar-refractivity contribution is -0.0924. The predicted molar refractivity (Wildman–Crippen MR) is 141 cm³/mol. The molecule has 0 bridgehead atoms. The zero-order valence-corrected chi connectivity index (χ0v) is 22.6. The Hall–Kier alpha value is -2.54. The number of hydrogen-bond acceptors (Lipinski definition) is 4. The average Bonchev–Trinajstić information content (AvgIpc) is 2.84. The Morgan fingerprint density at radius 3 is 2.23 bits per heavy atom. The Labute approximate surface area is 213 Å². The van der Waals surface area contributed by atoms with Crippen LogP contribution in [0.5, 0.6) is 0 Å². The van der Waals surface area contributed by atoms with Gasteiger partial charge in [0.1, 0.15) is 17.5 Å². The Morgan fingerprint density at radius 2 is 1.77 bits per heavy atom. The lowest BCUT2D eigenvalue weighted by atomic mass is 9.95. The molecule has 1 aromatic rings. The second-order valence-corrected chi connectivity index (χ2v) is 7.78. The van der Waals surface area contributed by atoms with Crippen LogP contribution in [0.2, 0.25) is 0 Å². The first-order valence-electron chi connectivity index (χ1n) is 11.8. The van der Waals surface area contributed by atoms with Gasteiger partial charge in [0.05, 0.1) is 19.0 Å². The summed E-state index contributed by atoms with van der Waals surface area (Å²) in [5, 5.41) is 0.459. The molecule has 0 saturated carbocycles. The van der Waals surface area contributed by atoms with Gasteiger partial charge in [0.2, 0.25) is 0 Å². The van der Waals surface area contributed by atoms with Crippen LogP contribution in [0.1, 0.15) is 71.9 Å². The van der Waals surface area contributed by atoms with E-state index in [0.717, 1.165) is 18.1 Å². The number of hydrogen-bond donors (Lipinski definition) is 0. The van der Waals surface area contributed by atoms with Crippen molar-refractivity contribution in [3.63, 3.8) is 0 Å². The number of benzene rings is 1. The minimum absolute atomic E-state index is 0.140. The fourth-order valence-electron chi connectivity index (χ4n) is 2.73. The third-order valence-corrected chi connectivity index (χ3v) is 5.11. The van der Waals surface area contributed by atoms with Crippen molar-refractivity contribution < 1.29 is 22.6 Å². The molecule has 0 aromatic heterocycles. The monoisotopic (exact) mass is 514 g/mol. The average molecular weight is 515 g/mol. The van der Waals surface area contributed by atoms with Crippen LogP contribution in [0.3, 0.4) is 0 Å². The van der Waals surface area contributed by atoms with Crippen LogP contribution >= 0.6 is 11.6 Å². The van der Waals surface area contributed by atoms with Crippen molar-refractivity contribution in [2.75, 3.05) is 7.11 Å². The van der Waals surface area contributed by atoms with Gasteiger partial charge in [-0.3, -0.25) is 0 Å². The smallest absolute Gasteiger partial charge is 0.433 e. The summed E-state index contributed by atoms with van der Waals surface area (Å²) >= 11 is 6.00.